The Bertz CT molecular complexity index is 1170. The molecule has 3 aromatic rings. The molecule has 0 bridgehead atoms. The SMILES string of the molecule is Cc1ccc(C)c(-n2c(C)nnc2SCC(=O)N2CCN(C(=O)CCCc3ccccc3)CC2)c1. The Morgan fingerprint density at radius 3 is 2.29 bits per heavy atom. The minimum Gasteiger partial charge on any atom is -0.339 e. The van der Waals surface area contributed by atoms with Gasteiger partial charge in [0, 0.05) is 32.6 Å². The molecule has 1 aromatic heterocycles. The molecule has 1 saturated heterocycles. The number of hydrogen-bond donors (Lipinski definition) is 0. The van der Waals surface area contributed by atoms with Crippen molar-refractivity contribution in [1.82, 2.24) is 24.6 Å². The van der Waals surface area contributed by atoms with Gasteiger partial charge in [0.2, 0.25) is 11.8 Å². The zero-order valence-electron chi connectivity index (χ0n) is 20.7. The molecule has 0 atom stereocenters. The lowest BCUT2D eigenvalue weighted by molar-refractivity contribution is -0.138. The fourth-order valence-electron chi connectivity index (χ4n) is 4.34. The van der Waals surface area contributed by atoms with E-state index in [4.69, 9.17) is 0 Å². The number of rotatable bonds is 8. The van der Waals surface area contributed by atoms with E-state index in [-0.39, 0.29) is 11.8 Å². The van der Waals surface area contributed by atoms with Crippen molar-refractivity contribution in [2.75, 3.05) is 31.9 Å². The number of thioether (sulfide) groups is 1. The van der Waals surface area contributed by atoms with E-state index in [1.165, 1.54) is 22.9 Å². The van der Waals surface area contributed by atoms with Gasteiger partial charge >= 0.3 is 0 Å². The number of carbonyl (C=O) groups excluding carboxylic acids is 2. The third kappa shape index (κ3) is 6.31. The molecule has 0 saturated carbocycles. The highest BCUT2D eigenvalue weighted by atomic mass is 32.2. The molecule has 7 nitrogen and oxygen atoms in total. The van der Waals surface area contributed by atoms with E-state index in [1.54, 1.807) is 0 Å². The van der Waals surface area contributed by atoms with Crippen LogP contribution in [0.5, 0.6) is 0 Å². The standard InChI is InChI=1S/C27H33N5O2S/c1-20-12-13-21(2)24(18-20)32-22(3)28-29-27(32)35-19-26(34)31-16-14-30(15-17-31)25(33)11-7-10-23-8-5-4-6-9-23/h4-6,8-9,12-13,18H,7,10-11,14-17,19H2,1-3H3. The van der Waals surface area contributed by atoms with Gasteiger partial charge in [-0.15, -0.1) is 10.2 Å². The van der Waals surface area contributed by atoms with E-state index in [2.05, 4.69) is 54.4 Å². The molecule has 2 amide bonds. The molecule has 2 aromatic carbocycles. The number of benzene rings is 2. The predicted molar refractivity (Wildman–Crippen MR) is 139 cm³/mol. The summed E-state index contributed by atoms with van der Waals surface area (Å²) < 4.78 is 2.02. The topological polar surface area (TPSA) is 71.3 Å². The summed E-state index contributed by atoms with van der Waals surface area (Å²) in [7, 11) is 0. The van der Waals surface area contributed by atoms with Gasteiger partial charge in [-0.3, -0.25) is 14.2 Å². The molecular weight excluding hydrogens is 458 g/mol. The van der Waals surface area contributed by atoms with Gasteiger partial charge in [-0.1, -0.05) is 54.2 Å². The molecule has 0 radical (unpaired) electrons. The van der Waals surface area contributed by atoms with Crippen LogP contribution in [0.1, 0.15) is 35.4 Å². The van der Waals surface area contributed by atoms with Crippen molar-refractivity contribution in [3.63, 3.8) is 0 Å². The van der Waals surface area contributed by atoms with Crippen LogP contribution in [-0.4, -0.2) is 68.3 Å². The highest BCUT2D eigenvalue weighted by molar-refractivity contribution is 7.99. The van der Waals surface area contributed by atoms with E-state index >= 15 is 0 Å². The van der Waals surface area contributed by atoms with Gasteiger partial charge in [0.05, 0.1) is 11.4 Å². The summed E-state index contributed by atoms with van der Waals surface area (Å²) in [6, 6.07) is 16.5. The van der Waals surface area contributed by atoms with Gasteiger partial charge in [0.1, 0.15) is 5.82 Å². The van der Waals surface area contributed by atoms with Crippen molar-refractivity contribution in [2.45, 2.75) is 45.2 Å². The second-order valence-corrected chi connectivity index (χ2v) is 9.99. The van der Waals surface area contributed by atoms with E-state index < -0.39 is 0 Å². The molecule has 1 aliphatic heterocycles. The molecule has 4 rings (SSSR count). The summed E-state index contributed by atoms with van der Waals surface area (Å²) in [5, 5.41) is 9.29. The Balaban J connectivity index is 1.26. The van der Waals surface area contributed by atoms with Crippen LogP contribution in [0.2, 0.25) is 0 Å². The van der Waals surface area contributed by atoms with Crippen molar-refractivity contribution in [3.05, 3.63) is 71.0 Å². The van der Waals surface area contributed by atoms with Crippen LogP contribution >= 0.6 is 11.8 Å². The first-order chi connectivity index (χ1) is 16.9. The number of aromatic nitrogens is 3. The summed E-state index contributed by atoms with van der Waals surface area (Å²) in [5.41, 5.74) is 4.60. The van der Waals surface area contributed by atoms with Gasteiger partial charge in [-0.05, 0) is 56.4 Å². The van der Waals surface area contributed by atoms with E-state index in [9.17, 15) is 9.59 Å². The average Bonchev–Trinajstić information content (AvgIpc) is 3.24. The minimum atomic E-state index is 0.0688. The summed E-state index contributed by atoms with van der Waals surface area (Å²) in [4.78, 5) is 29.2. The third-order valence-corrected chi connectivity index (χ3v) is 7.32. The summed E-state index contributed by atoms with van der Waals surface area (Å²) in [6.45, 7) is 8.40. The number of amides is 2. The Morgan fingerprint density at radius 2 is 1.57 bits per heavy atom. The van der Waals surface area contributed by atoms with Crippen molar-refractivity contribution in [1.29, 1.82) is 0 Å². The molecule has 2 heterocycles. The number of carbonyl (C=O) groups is 2. The van der Waals surface area contributed by atoms with Crippen LogP contribution in [-0.2, 0) is 16.0 Å². The van der Waals surface area contributed by atoms with Crippen molar-refractivity contribution >= 4 is 23.6 Å². The van der Waals surface area contributed by atoms with Gasteiger partial charge in [0.15, 0.2) is 5.16 Å². The molecule has 35 heavy (non-hydrogen) atoms. The Hall–Kier alpha value is -3.13. The molecule has 0 unspecified atom stereocenters. The molecule has 1 aliphatic rings. The van der Waals surface area contributed by atoms with Crippen LogP contribution < -0.4 is 0 Å². The molecule has 0 N–H and O–H groups in total. The summed E-state index contributed by atoms with van der Waals surface area (Å²) in [5.74, 6) is 1.35. The molecule has 1 fully saturated rings. The first-order valence-electron chi connectivity index (χ1n) is 12.1. The van der Waals surface area contributed by atoms with Crippen molar-refractivity contribution in [2.24, 2.45) is 0 Å². The van der Waals surface area contributed by atoms with Gasteiger partial charge in [-0.2, -0.15) is 0 Å². The van der Waals surface area contributed by atoms with Crippen LogP contribution in [0.3, 0.4) is 0 Å². The first kappa shape index (κ1) is 25.0. The fourth-order valence-corrected chi connectivity index (χ4v) is 5.24. The van der Waals surface area contributed by atoms with Crippen LogP contribution in [0.15, 0.2) is 53.7 Å². The maximum atomic E-state index is 12.9. The number of piperazine rings is 1. The quantitative estimate of drug-likeness (QED) is 0.446. The van der Waals surface area contributed by atoms with E-state index in [0.29, 0.717) is 38.4 Å². The smallest absolute Gasteiger partial charge is 0.233 e. The molecule has 0 aliphatic carbocycles. The third-order valence-electron chi connectivity index (χ3n) is 6.41. The maximum absolute atomic E-state index is 12.9. The van der Waals surface area contributed by atoms with Crippen LogP contribution in [0.25, 0.3) is 5.69 Å². The van der Waals surface area contributed by atoms with Crippen molar-refractivity contribution < 1.29 is 9.59 Å². The lowest BCUT2D eigenvalue weighted by atomic mass is 10.1. The monoisotopic (exact) mass is 491 g/mol. The number of aryl methyl sites for hydroxylation is 4. The first-order valence-corrected chi connectivity index (χ1v) is 13.1. The highest BCUT2D eigenvalue weighted by Crippen LogP contribution is 2.25. The maximum Gasteiger partial charge on any atom is 0.233 e. The Kier molecular flexibility index (Phi) is 8.23. The highest BCUT2D eigenvalue weighted by Gasteiger charge is 2.24. The largest absolute Gasteiger partial charge is 0.339 e. The van der Waals surface area contributed by atoms with Gasteiger partial charge in [-0.25, -0.2) is 0 Å². The van der Waals surface area contributed by atoms with Crippen molar-refractivity contribution in [3.8, 4) is 5.69 Å². The lowest BCUT2D eigenvalue weighted by Crippen LogP contribution is -2.51. The summed E-state index contributed by atoms with van der Waals surface area (Å²) in [6.07, 6.45) is 2.31. The Labute approximate surface area is 211 Å². The zero-order chi connectivity index (χ0) is 24.8. The van der Waals surface area contributed by atoms with E-state index in [1.807, 2.05) is 39.5 Å². The fraction of sp³-hybridized carbons (Fsp3) is 0.407. The average molecular weight is 492 g/mol. The molecule has 8 heteroatoms. The predicted octanol–water partition coefficient (Wildman–Crippen LogP) is 3.98. The van der Waals surface area contributed by atoms with Gasteiger partial charge < -0.3 is 9.80 Å². The normalized spacial score (nSPS) is 13.8. The van der Waals surface area contributed by atoms with Gasteiger partial charge in [0.25, 0.3) is 0 Å². The van der Waals surface area contributed by atoms with E-state index in [0.717, 1.165) is 35.1 Å². The zero-order valence-corrected chi connectivity index (χ0v) is 21.6. The Morgan fingerprint density at radius 1 is 0.886 bits per heavy atom. The minimum absolute atomic E-state index is 0.0688. The molecule has 184 valence electrons. The van der Waals surface area contributed by atoms with Crippen LogP contribution in [0.4, 0.5) is 0 Å². The lowest BCUT2D eigenvalue weighted by Gasteiger charge is -2.34. The van der Waals surface area contributed by atoms with Crippen LogP contribution in [0, 0.1) is 20.8 Å². The summed E-state index contributed by atoms with van der Waals surface area (Å²) >= 11 is 1.41. The number of hydrogen-bond acceptors (Lipinski definition) is 5. The molecular formula is C27H33N5O2S. The second-order valence-electron chi connectivity index (χ2n) is 9.04. The molecule has 0 spiro atoms. The number of nitrogens with zero attached hydrogens (tertiary/aromatic N) is 5. The second kappa shape index (κ2) is 11.5.